The zero-order valence-electron chi connectivity index (χ0n) is 14.4. The van der Waals surface area contributed by atoms with Crippen LogP contribution in [0.4, 0.5) is 5.13 Å². The average molecular weight is 399 g/mol. The van der Waals surface area contributed by atoms with E-state index in [2.05, 4.69) is 4.98 Å². The second-order valence-electron chi connectivity index (χ2n) is 5.81. The predicted molar refractivity (Wildman–Crippen MR) is 107 cm³/mol. The fraction of sp³-hybridized carbons (Fsp3) is 0.100. The summed E-state index contributed by atoms with van der Waals surface area (Å²) in [6.45, 7) is 0.273. The minimum Gasteiger partial charge on any atom is -0.497 e. The summed E-state index contributed by atoms with van der Waals surface area (Å²) in [5.74, 6) is 1.19. The predicted octanol–water partition coefficient (Wildman–Crippen LogP) is 5.40. The molecule has 5 nitrogen and oxygen atoms in total. The van der Waals surface area contributed by atoms with Crippen molar-refractivity contribution in [3.63, 3.8) is 0 Å². The standard InChI is InChI=1S/C20H15ClN2O3S/c1-25-15-7-8-18-17(11-15)22-20(27-18)23(12-16-6-3-9-26-16)19(24)13-4-2-5-14(21)10-13/h2-11H,12H2,1H3. The topological polar surface area (TPSA) is 55.6 Å². The summed E-state index contributed by atoms with van der Waals surface area (Å²) in [4.78, 5) is 19.4. The van der Waals surface area contributed by atoms with Crippen LogP contribution in [0, 0.1) is 0 Å². The van der Waals surface area contributed by atoms with Gasteiger partial charge in [0.05, 0.1) is 30.1 Å². The molecular formula is C20H15ClN2O3S. The first-order valence-corrected chi connectivity index (χ1v) is 9.38. The maximum Gasteiger partial charge on any atom is 0.260 e. The number of carbonyl (C=O) groups excluding carboxylic acids is 1. The van der Waals surface area contributed by atoms with Crippen molar-refractivity contribution in [3.05, 3.63) is 77.2 Å². The SMILES string of the molecule is COc1ccc2sc(N(Cc3ccco3)C(=O)c3cccc(Cl)c3)nc2c1. The van der Waals surface area contributed by atoms with Gasteiger partial charge in [0.15, 0.2) is 5.13 Å². The number of carbonyl (C=O) groups is 1. The lowest BCUT2D eigenvalue weighted by molar-refractivity contribution is 0.0983. The summed E-state index contributed by atoms with van der Waals surface area (Å²) in [6.07, 6.45) is 1.58. The number of aromatic nitrogens is 1. The maximum atomic E-state index is 13.2. The van der Waals surface area contributed by atoms with Crippen LogP contribution in [0.25, 0.3) is 10.2 Å². The Bertz CT molecular complexity index is 1090. The Labute approximate surface area is 164 Å². The van der Waals surface area contributed by atoms with Crippen LogP contribution in [0.2, 0.25) is 5.02 Å². The van der Waals surface area contributed by atoms with Gasteiger partial charge in [-0.05, 0) is 42.5 Å². The fourth-order valence-corrected chi connectivity index (χ4v) is 3.83. The van der Waals surface area contributed by atoms with Crippen molar-refractivity contribution >= 4 is 44.2 Å². The normalized spacial score (nSPS) is 10.9. The van der Waals surface area contributed by atoms with Crippen molar-refractivity contribution in [1.29, 1.82) is 0 Å². The third-order valence-corrected chi connectivity index (χ3v) is 5.32. The Balaban J connectivity index is 1.76. The van der Waals surface area contributed by atoms with Crippen molar-refractivity contribution in [1.82, 2.24) is 4.98 Å². The van der Waals surface area contributed by atoms with E-state index in [1.165, 1.54) is 11.3 Å². The number of nitrogens with zero attached hydrogens (tertiary/aromatic N) is 2. The molecule has 2 aromatic carbocycles. The lowest BCUT2D eigenvalue weighted by Crippen LogP contribution is -2.30. The van der Waals surface area contributed by atoms with Crippen LogP contribution >= 0.6 is 22.9 Å². The lowest BCUT2D eigenvalue weighted by atomic mass is 10.2. The molecule has 7 heteroatoms. The second kappa shape index (κ2) is 7.42. The molecule has 0 spiro atoms. The van der Waals surface area contributed by atoms with E-state index in [9.17, 15) is 4.79 Å². The fourth-order valence-electron chi connectivity index (χ4n) is 2.70. The number of ether oxygens (including phenoxy) is 1. The van der Waals surface area contributed by atoms with E-state index in [0.717, 1.165) is 16.0 Å². The van der Waals surface area contributed by atoms with Crippen LogP contribution in [0.1, 0.15) is 16.1 Å². The van der Waals surface area contributed by atoms with Gasteiger partial charge in [0.25, 0.3) is 5.91 Å². The van der Waals surface area contributed by atoms with Crippen LogP contribution in [0.3, 0.4) is 0 Å². The number of methoxy groups -OCH3 is 1. The summed E-state index contributed by atoms with van der Waals surface area (Å²) in [5, 5.41) is 1.09. The number of thiazole rings is 1. The Morgan fingerprint density at radius 2 is 2.11 bits per heavy atom. The molecule has 0 fully saturated rings. The zero-order chi connectivity index (χ0) is 18.8. The first-order valence-electron chi connectivity index (χ1n) is 8.18. The average Bonchev–Trinajstić information content (AvgIpc) is 3.34. The quantitative estimate of drug-likeness (QED) is 0.451. The Hall–Kier alpha value is -2.83. The number of fused-ring (bicyclic) bond motifs is 1. The summed E-state index contributed by atoms with van der Waals surface area (Å²) in [5.41, 5.74) is 1.27. The van der Waals surface area contributed by atoms with Gasteiger partial charge < -0.3 is 9.15 Å². The third kappa shape index (κ3) is 3.67. The lowest BCUT2D eigenvalue weighted by Gasteiger charge is -2.18. The van der Waals surface area contributed by atoms with Gasteiger partial charge in [0.2, 0.25) is 0 Å². The highest BCUT2D eigenvalue weighted by Gasteiger charge is 2.23. The number of benzene rings is 2. The molecule has 0 bridgehead atoms. The number of amides is 1. The zero-order valence-corrected chi connectivity index (χ0v) is 16.0. The van der Waals surface area contributed by atoms with Gasteiger partial charge in [0, 0.05) is 16.7 Å². The largest absolute Gasteiger partial charge is 0.497 e. The number of hydrogen-bond donors (Lipinski definition) is 0. The third-order valence-electron chi connectivity index (χ3n) is 4.03. The molecule has 0 aliphatic carbocycles. The van der Waals surface area contributed by atoms with Crippen LogP contribution in [0.5, 0.6) is 5.75 Å². The van der Waals surface area contributed by atoms with E-state index in [1.807, 2.05) is 24.3 Å². The molecular weight excluding hydrogens is 384 g/mol. The van der Waals surface area contributed by atoms with E-state index in [-0.39, 0.29) is 12.5 Å². The van der Waals surface area contributed by atoms with Crippen molar-refractivity contribution in [2.24, 2.45) is 0 Å². The molecule has 0 aliphatic heterocycles. The van der Waals surface area contributed by atoms with E-state index in [0.29, 0.717) is 21.5 Å². The molecule has 4 aromatic rings. The molecule has 2 aromatic heterocycles. The van der Waals surface area contributed by atoms with Gasteiger partial charge in [-0.15, -0.1) is 0 Å². The highest BCUT2D eigenvalue weighted by atomic mass is 35.5. The molecule has 0 aliphatic rings. The van der Waals surface area contributed by atoms with Gasteiger partial charge in [-0.1, -0.05) is 29.0 Å². The van der Waals surface area contributed by atoms with E-state index in [4.69, 9.17) is 20.8 Å². The molecule has 4 rings (SSSR count). The molecule has 27 heavy (non-hydrogen) atoms. The monoisotopic (exact) mass is 398 g/mol. The first-order chi connectivity index (χ1) is 13.1. The van der Waals surface area contributed by atoms with Crippen LogP contribution in [-0.4, -0.2) is 18.0 Å². The second-order valence-corrected chi connectivity index (χ2v) is 7.26. The van der Waals surface area contributed by atoms with Crippen LogP contribution in [-0.2, 0) is 6.54 Å². The number of furan rings is 1. The van der Waals surface area contributed by atoms with E-state index < -0.39 is 0 Å². The molecule has 0 N–H and O–H groups in total. The van der Waals surface area contributed by atoms with Crippen molar-refractivity contribution in [2.75, 3.05) is 12.0 Å². The van der Waals surface area contributed by atoms with E-state index >= 15 is 0 Å². The summed E-state index contributed by atoms with van der Waals surface area (Å²) < 4.78 is 11.7. The first kappa shape index (κ1) is 17.6. The molecule has 0 atom stereocenters. The highest BCUT2D eigenvalue weighted by molar-refractivity contribution is 7.22. The maximum absolute atomic E-state index is 13.2. The minimum absolute atomic E-state index is 0.195. The Morgan fingerprint density at radius 3 is 2.85 bits per heavy atom. The number of rotatable bonds is 5. The van der Waals surface area contributed by atoms with Gasteiger partial charge in [-0.25, -0.2) is 4.98 Å². The molecule has 0 saturated carbocycles. The molecule has 0 saturated heterocycles. The van der Waals surface area contributed by atoms with Gasteiger partial charge in [-0.3, -0.25) is 9.69 Å². The molecule has 136 valence electrons. The van der Waals surface area contributed by atoms with Crippen molar-refractivity contribution in [2.45, 2.75) is 6.54 Å². The van der Waals surface area contributed by atoms with Crippen molar-refractivity contribution in [3.8, 4) is 5.75 Å². The van der Waals surface area contributed by atoms with Crippen LogP contribution < -0.4 is 9.64 Å². The van der Waals surface area contributed by atoms with Crippen molar-refractivity contribution < 1.29 is 13.9 Å². The van der Waals surface area contributed by atoms with Gasteiger partial charge in [0.1, 0.15) is 11.5 Å². The Morgan fingerprint density at radius 1 is 1.22 bits per heavy atom. The Kier molecular flexibility index (Phi) is 4.83. The van der Waals surface area contributed by atoms with Crippen LogP contribution in [0.15, 0.2) is 65.3 Å². The molecule has 2 heterocycles. The smallest absolute Gasteiger partial charge is 0.260 e. The summed E-state index contributed by atoms with van der Waals surface area (Å²) >= 11 is 7.50. The minimum atomic E-state index is -0.195. The van der Waals surface area contributed by atoms with Gasteiger partial charge in [-0.2, -0.15) is 0 Å². The molecule has 1 amide bonds. The molecule has 0 radical (unpaired) electrons. The van der Waals surface area contributed by atoms with E-state index in [1.54, 1.807) is 48.6 Å². The molecule has 0 unspecified atom stereocenters. The summed E-state index contributed by atoms with van der Waals surface area (Å²) in [7, 11) is 1.61. The van der Waals surface area contributed by atoms with Gasteiger partial charge >= 0.3 is 0 Å². The summed E-state index contributed by atoms with van der Waals surface area (Å²) in [6, 6.07) is 16.2. The highest BCUT2D eigenvalue weighted by Crippen LogP contribution is 2.33. The number of hydrogen-bond acceptors (Lipinski definition) is 5. The number of anilines is 1. The number of halogens is 1.